The molecule has 134 valence electrons. The van der Waals surface area contributed by atoms with Crippen LogP contribution >= 0.6 is 0 Å². The van der Waals surface area contributed by atoms with Gasteiger partial charge >= 0.3 is 0 Å². The molecule has 2 atom stereocenters. The van der Waals surface area contributed by atoms with Gasteiger partial charge in [-0.15, -0.1) is 0 Å². The van der Waals surface area contributed by atoms with E-state index in [0.717, 1.165) is 32.7 Å². The number of hydrogen-bond donors (Lipinski definition) is 0. The molecule has 2 rings (SSSR count). The molecule has 0 aliphatic carbocycles. The zero-order valence-electron chi connectivity index (χ0n) is 14.5. The summed E-state index contributed by atoms with van der Waals surface area (Å²) in [5.74, 6) is -0.0331. The van der Waals surface area contributed by atoms with Crippen molar-refractivity contribution in [2.24, 2.45) is 11.8 Å². The molecule has 1 amide bonds. The second-order valence-electron chi connectivity index (χ2n) is 7.13. The zero-order chi connectivity index (χ0) is 17.0. The third-order valence-corrected chi connectivity index (χ3v) is 6.59. The highest BCUT2D eigenvalue weighted by Crippen LogP contribution is 2.26. The summed E-state index contributed by atoms with van der Waals surface area (Å²) in [4.78, 5) is 16.6. The van der Waals surface area contributed by atoms with Crippen molar-refractivity contribution in [3.05, 3.63) is 0 Å². The van der Waals surface area contributed by atoms with Crippen molar-refractivity contribution in [3.63, 3.8) is 0 Å². The fourth-order valence-electron chi connectivity index (χ4n) is 3.63. The fraction of sp³-hybridized carbons (Fsp3) is 0.938. The van der Waals surface area contributed by atoms with Gasteiger partial charge in [0.2, 0.25) is 5.91 Å². The highest BCUT2D eigenvalue weighted by atomic mass is 32.2. The van der Waals surface area contributed by atoms with E-state index in [1.165, 1.54) is 0 Å². The van der Waals surface area contributed by atoms with Crippen LogP contribution in [0.1, 0.15) is 27.2 Å². The van der Waals surface area contributed by atoms with Crippen molar-refractivity contribution in [2.45, 2.75) is 33.2 Å². The molecular formula is C16H30N2O4S. The van der Waals surface area contributed by atoms with Gasteiger partial charge in [0.1, 0.15) is 5.75 Å². The molecule has 0 unspecified atom stereocenters. The van der Waals surface area contributed by atoms with Gasteiger partial charge in [-0.1, -0.05) is 27.2 Å². The average molecular weight is 346 g/mol. The first-order chi connectivity index (χ1) is 10.8. The quantitative estimate of drug-likeness (QED) is 0.706. The first-order valence-electron chi connectivity index (χ1n) is 8.62. The highest BCUT2D eigenvalue weighted by molar-refractivity contribution is 7.92. The number of carbonyl (C=O) groups is 1. The summed E-state index contributed by atoms with van der Waals surface area (Å²) >= 11 is 0. The van der Waals surface area contributed by atoms with Crippen LogP contribution in [0.15, 0.2) is 0 Å². The van der Waals surface area contributed by atoms with Crippen LogP contribution in [0.5, 0.6) is 0 Å². The first kappa shape index (κ1) is 18.7. The standard InChI is InChI=1S/C16H30N2O4S/c1-4-14-9-18(10-15(14)17-5-7-22-8-6-17)16(19)12-23(20,21)11-13(2)3/h13-15H,4-12H2,1-3H3/t14-,15+/m0/s1. The zero-order valence-corrected chi connectivity index (χ0v) is 15.3. The topological polar surface area (TPSA) is 66.9 Å². The lowest BCUT2D eigenvalue weighted by Gasteiger charge is -2.34. The smallest absolute Gasteiger partial charge is 0.237 e. The SMILES string of the molecule is CC[C@H]1CN(C(=O)CS(=O)(=O)CC(C)C)C[C@H]1N1CCOCC1. The minimum atomic E-state index is -3.31. The number of amides is 1. The van der Waals surface area contributed by atoms with Gasteiger partial charge in [0.15, 0.2) is 9.84 Å². The number of ether oxygens (including phenoxy) is 1. The van der Waals surface area contributed by atoms with E-state index < -0.39 is 9.84 Å². The summed E-state index contributed by atoms with van der Waals surface area (Å²) in [6, 6.07) is 0.334. The van der Waals surface area contributed by atoms with E-state index in [0.29, 0.717) is 25.0 Å². The van der Waals surface area contributed by atoms with Gasteiger partial charge in [0, 0.05) is 32.2 Å². The third-order valence-electron chi connectivity index (χ3n) is 4.73. The van der Waals surface area contributed by atoms with Crippen LogP contribution in [-0.4, -0.2) is 81.1 Å². The summed E-state index contributed by atoms with van der Waals surface area (Å²) in [5.41, 5.74) is 0. The van der Waals surface area contributed by atoms with E-state index >= 15 is 0 Å². The van der Waals surface area contributed by atoms with Crippen molar-refractivity contribution >= 4 is 15.7 Å². The number of hydrogen-bond acceptors (Lipinski definition) is 5. The Hall–Kier alpha value is -0.660. The van der Waals surface area contributed by atoms with Gasteiger partial charge in [0.25, 0.3) is 0 Å². The maximum Gasteiger partial charge on any atom is 0.237 e. The van der Waals surface area contributed by atoms with E-state index in [1.807, 2.05) is 13.8 Å². The molecule has 7 heteroatoms. The summed E-state index contributed by atoms with van der Waals surface area (Å²) in [6.45, 7) is 10.5. The molecule has 0 spiro atoms. The predicted molar refractivity (Wildman–Crippen MR) is 90.0 cm³/mol. The number of carbonyl (C=O) groups excluding carboxylic acids is 1. The second-order valence-corrected chi connectivity index (χ2v) is 9.24. The molecule has 0 radical (unpaired) electrons. The Morgan fingerprint density at radius 1 is 1.22 bits per heavy atom. The monoisotopic (exact) mass is 346 g/mol. The van der Waals surface area contributed by atoms with Crippen LogP contribution < -0.4 is 0 Å². The molecule has 0 saturated carbocycles. The van der Waals surface area contributed by atoms with Gasteiger partial charge in [-0.2, -0.15) is 0 Å². The van der Waals surface area contributed by atoms with Crippen LogP contribution in [0.25, 0.3) is 0 Å². The van der Waals surface area contributed by atoms with Crippen molar-refractivity contribution in [1.82, 2.24) is 9.80 Å². The van der Waals surface area contributed by atoms with E-state index in [-0.39, 0.29) is 23.3 Å². The molecule has 2 fully saturated rings. The molecule has 2 heterocycles. The second kappa shape index (κ2) is 7.94. The fourth-order valence-corrected chi connectivity index (χ4v) is 5.32. The van der Waals surface area contributed by atoms with Crippen LogP contribution in [0.2, 0.25) is 0 Å². The minimum Gasteiger partial charge on any atom is -0.379 e. The van der Waals surface area contributed by atoms with Crippen LogP contribution in [0, 0.1) is 11.8 Å². The van der Waals surface area contributed by atoms with Gasteiger partial charge in [-0.25, -0.2) is 8.42 Å². The maximum atomic E-state index is 12.4. The molecule has 0 aromatic heterocycles. The number of nitrogens with zero attached hydrogens (tertiary/aromatic N) is 2. The Morgan fingerprint density at radius 2 is 1.87 bits per heavy atom. The van der Waals surface area contributed by atoms with E-state index in [9.17, 15) is 13.2 Å². The number of rotatable bonds is 6. The predicted octanol–water partition coefficient (Wildman–Crippen LogP) is 0.626. The molecule has 2 aliphatic heterocycles. The third kappa shape index (κ3) is 5.16. The Kier molecular flexibility index (Phi) is 6.45. The highest BCUT2D eigenvalue weighted by Gasteiger charge is 2.38. The summed E-state index contributed by atoms with van der Waals surface area (Å²) in [7, 11) is -3.31. The molecular weight excluding hydrogens is 316 g/mol. The van der Waals surface area contributed by atoms with Gasteiger partial charge in [-0.3, -0.25) is 9.69 Å². The Labute approximate surface area is 140 Å². The van der Waals surface area contributed by atoms with Crippen molar-refractivity contribution in [3.8, 4) is 0 Å². The molecule has 6 nitrogen and oxygen atoms in total. The number of morpholine rings is 1. The normalized spacial score (nSPS) is 26.9. The van der Waals surface area contributed by atoms with Crippen molar-refractivity contribution < 1.29 is 17.9 Å². The molecule has 0 aromatic carbocycles. The Morgan fingerprint density at radius 3 is 2.43 bits per heavy atom. The van der Waals surface area contributed by atoms with E-state index in [2.05, 4.69) is 11.8 Å². The molecule has 0 bridgehead atoms. The summed E-state index contributed by atoms with van der Waals surface area (Å²) in [5, 5.41) is 0. The summed E-state index contributed by atoms with van der Waals surface area (Å²) < 4.78 is 29.5. The van der Waals surface area contributed by atoms with Gasteiger partial charge in [0.05, 0.1) is 19.0 Å². The number of sulfone groups is 1. The van der Waals surface area contributed by atoms with E-state index in [1.54, 1.807) is 4.90 Å². The lowest BCUT2D eigenvalue weighted by atomic mass is 9.99. The van der Waals surface area contributed by atoms with E-state index in [4.69, 9.17) is 4.74 Å². The Bertz CT molecular complexity index is 500. The van der Waals surface area contributed by atoms with Gasteiger partial charge in [-0.05, 0) is 11.8 Å². The van der Waals surface area contributed by atoms with Crippen molar-refractivity contribution in [2.75, 3.05) is 50.9 Å². The average Bonchev–Trinajstić information content (AvgIpc) is 2.90. The lowest BCUT2D eigenvalue weighted by Crippen LogP contribution is -2.47. The maximum absolute atomic E-state index is 12.4. The molecule has 0 N–H and O–H groups in total. The van der Waals surface area contributed by atoms with Crippen LogP contribution in [0.4, 0.5) is 0 Å². The molecule has 23 heavy (non-hydrogen) atoms. The first-order valence-corrected chi connectivity index (χ1v) is 10.4. The molecule has 2 aliphatic rings. The Balaban J connectivity index is 1.96. The van der Waals surface area contributed by atoms with Gasteiger partial charge < -0.3 is 9.64 Å². The molecule has 0 aromatic rings. The van der Waals surface area contributed by atoms with Crippen LogP contribution in [0.3, 0.4) is 0 Å². The van der Waals surface area contributed by atoms with Crippen LogP contribution in [-0.2, 0) is 19.4 Å². The largest absolute Gasteiger partial charge is 0.379 e. The van der Waals surface area contributed by atoms with Crippen molar-refractivity contribution in [1.29, 1.82) is 0 Å². The lowest BCUT2D eigenvalue weighted by molar-refractivity contribution is -0.127. The molecule has 2 saturated heterocycles. The minimum absolute atomic E-state index is 0.0517. The number of likely N-dealkylation sites (tertiary alicyclic amines) is 1. The summed E-state index contributed by atoms with van der Waals surface area (Å²) in [6.07, 6.45) is 1.00.